The third kappa shape index (κ3) is 2.75. The van der Waals surface area contributed by atoms with Gasteiger partial charge in [-0.3, -0.25) is 4.79 Å². The highest BCUT2D eigenvalue weighted by atomic mass is 16.4. The van der Waals surface area contributed by atoms with Gasteiger partial charge in [-0.25, -0.2) is 0 Å². The number of rotatable bonds is 1. The van der Waals surface area contributed by atoms with Crippen LogP contribution in [0.2, 0.25) is 0 Å². The van der Waals surface area contributed by atoms with E-state index < -0.39 is 11.4 Å². The van der Waals surface area contributed by atoms with Gasteiger partial charge in [-0.05, 0) is 109 Å². The first kappa shape index (κ1) is 23.9. The van der Waals surface area contributed by atoms with Gasteiger partial charge >= 0.3 is 5.97 Å². The Morgan fingerprint density at radius 1 is 0.909 bits per heavy atom. The fourth-order valence-corrected chi connectivity index (χ4v) is 11.0. The van der Waals surface area contributed by atoms with Gasteiger partial charge in [0.2, 0.25) is 0 Å². The van der Waals surface area contributed by atoms with Crippen molar-refractivity contribution < 1.29 is 15.0 Å². The van der Waals surface area contributed by atoms with Crippen molar-refractivity contribution in [3.63, 3.8) is 0 Å². The zero-order valence-electron chi connectivity index (χ0n) is 22.2. The van der Waals surface area contributed by atoms with Crippen molar-refractivity contribution >= 4 is 5.97 Å². The zero-order valence-corrected chi connectivity index (χ0v) is 22.2. The number of aliphatic carboxylic acids is 1. The number of carboxylic acid groups (broad SMARTS) is 1. The molecule has 5 aliphatic carbocycles. The number of allylic oxidation sites excluding steroid dienone is 1. The number of hydrogen-bond donors (Lipinski definition) is 2. The number of carboxylic acids is 1. The molecule has 33 heavy (non-hydrogen) atoms. The SMILES string of the molecule is C[C@H]1[C@H](C)CC[C@]2(C)CC[C@]3(C(=O)O)C(=CC[C@@H]4[C@@]5(C)CC[C@@H](O)C(C)(C)[C@@H]5CC[C@]43C)[C@@H]12. The molecule has 0 unspecified atom stereocenters. The van der Waals surface area contributed by atoms with Crippen molar-refractivity contribution in [3.8, 4) is 0 Å². The molecule has 3 nitrogen and oxygen atoms in total. The van der Waals surface area contributed by atoms with Gasteiger partial charge in [-0.2, -0.15) is 0 Å². The highest BCUT2D eigenvalue weighted by molar-refractivity contribution is 5.81. The van der Waals surface area contributed by atoms with Crippen molar-refractivity contribution in [1.82, 2.24) is 0 Å². The molecule has 0 bridgehead atoms. The lowest BCUT2D eigenvalue weighted by Gasteiger charge is -2.70. The molecule has 0 aromatic rings. The van der Waals surface area contributed by atoms with Gasteiger partial charge in [-0.15, -0.1) is 0 Å². The predicted molar refractivity (Wildman–Crippen MR) is 133 cm³/mol. The van der Waals surface area contributed by atoms with E-state index in [9.17, 15) is 15.0 Å². The van der Waals surface area contributed by atoms with Crippen LogP contribution in [0.15, 0.2) is 11.6 Å². The minimum atomic E-state index is -0.723. The first-order valence-electron chi connectivity index (χ1n) is 13.9. The molecular formula is C30H48O3. The average molecular weight is 457 g/mol. The van der Waals surface area contributed by atoms with Gasteiger partial charge in [0.1, 0.15) is 0 Å². The van der Waals surface area contributed by atoms with Crippen LogP contribution in [0.5, 0.6) is 0 Å². The van der Waals surface area contributed by atoms with Crippen molar-refractivity contribution in [3.05, 3.63) is 11.6 Å². The molecule has 2 N–H and O–H groups in total. The molecule has 5 rings (SSSR count). The van der Waals surface area contributed by atoms with Crippen LogP contribution in [0.4, 0.5) is 0 Å². The predicted octanol–water partition coefficient (Wildman–Crippen LogP) is 7.09. The quantitative estimate of drug-likeness (QED) is 0.414. The molecule has 4 fully saturated rings. The summed E-state index contributed by atoms with van der Waals surface area (Å²) in [5, 5.41) is 22.0. The second kappa shape index (κ2) is 7.11. The molecule has 0 aromatic heterocycles. The van der Waals surface area contributed by atoms with Gasteiger partial charge < -0.3 is 10.2 Å². The number of aliphatic hydroxyl groups is 1. The molecule has 5 aliphatic rings. The third-order valence-corrected chi connectivity index (χ3v) is 13.2. The standard InChI is InChI=1S/C30H48O3/c1-18-10-13-27(5)16-17-30(25(32)33)20(24(27)19(18)2)8-9-22-28(6)14-12-23(31)26(3,4)21(28)11-15-29(22,30)7/h8,18-19,21-24,31H,9-17H2,1-7H3,(H,32,33)/t18-,19+,21+,22-,23-,24-,27-,28+,29-,30-/m1/s1. The molecular weight excluding hydrogens is 408 g/mol. The molecule has 0 amide bonds. The second-order valence-electron chi connectivity index (χ2n) is 14.6. The van der Waals surface area contributed by atoms with E-state index in [2.05, 4.69) is 54.5 Å². The fourth-order valence-electron chi connectivity index (χ4n) is 11.0. The maximum Gasteiger partial charge on any atom is 0.314 e. The number of aliphatic hydroxyl groups excluding tert-OH is 1. The van der Waals surface area contributed by atoms with Crippen LogP contribution in [-0.2, 0) is 4.79 Å². The summed E-state index contributed by atoms with van der Waals surface area (Å²) in [7, 11) is 0. The molecule has 0 aliphatic heterocycles. The largest absolute Gasteiger partial charge is 0.481 e. The third-order valence-electron chi connectivity index (χ3n) is 13.2. The summed E-state index contributed by atoms with van der Waals surface area (Å²) in [6.45, 7) is 16.6. The molecule has 0 heterocycles. The minimum absolute atomic E-state index is 0.0897. The Morgan fingerprint density at radius 2 is 1.61 bits per heavy atom. The summed E-state index contributed by atoms with van der Waals surface area (Å²) in [5.41, 5.74) is 0.615. The first-order valence-corrected chi connectivity index (χ1v) is 13.9. The Morgan fingerprint density at radius 3 is 2.27 bits per heavy atom. The van der Waals surface area contributed by atoms with E-state index in [1.54, 1.807) is 0 Å². The van der Waals surface area contributed by atoms with E-state index in [0.29, 0.717) is 29.6 Å². The lowest BCUT2D eigenvalue weighted by atomic mass is 9.33. The normalized spacial score (nSPS) is 55.3. The highest BCUT2D eigenvalue weighted by Crippen LogP contribution is 2.75. The molecule has 10 atom stereocenters. The van der Waals surface area contributed by atoms with E-state index >= 15 is 0 Å². The summed E-state index contributed by atoms with van der Waals surface area (Å²) >= 11 is 0. The Hall–Kier alpha value is -0.830. The van der Waals surface area contributed by atoms with Crippen molar-refractivity contribution in [2.75, 3.05) is 0 Å². The Bertz CT molecular complexity index is 874. The molecule has 3 heteroatoms. The number of fused-ring (bicyclic) bond motifs is 7. The summed E-state index contributed by atoms with van der Waals surface area (Å²) < 4.78 is 0. The van der Waals surface area contributed by atoms with Crippen LogP contribution in [-0.4, -0.2) is 22.3 Å². The van der Waals surface area contributed by atoms with Crippen molar-refractivity contribution in [1.29, 1.82) is 0 Å². The van der Waals surface area contributed by atoms with Crippen molar-refractivity contribution in [2.24, 2.45) is 56.7 Å². The Labute approximate surface area is 201 Å². The summed E-state index contributed by atoms with van der Waals surface area (Å²) in [6.07, 6.45) is 11.5. The molecule has 186 valence electrons. The zero-order chi connectivity index (χ0) is 24.2. The molecule has 0 spiro atoms. The number of hydrogen-bond acceptors (Lipinski definition) is 2. The van der Waals surface area contributed by atoms with E-state index in [1.807, 2.05) is 0 Å². The summed E-state index contributed by atoms with van der Waals surface area (Å²) in [4.78, 5) is 13.5. The average Bonchev–Trinajstić information content (AvgIpc) is 2.73. The van der Waals surface area contributed by atoms with Gasteiger partial charge in [0.15, 0.2) is 0 Å². The van der Waals surface area contributed by atoms with Crippen molar-refractivity contribution in [2.45, 2.75) is 112 Å². The maximum atomic E-state index is 13.5. The van der Waals surface area contributed by atoms with E-state index in [1.165, 1.54) is 18.4 Å². The Balaban J connectivity index is 1.66. The van der Waals surface area contributed by atoms with Gasteiger partial charge in [-0.1, -0.05) is 60.1 Å². The van der Waals surface area contributed by atoms with E-state index in [0.717, 1.165) is 44.9 Å². The summed E-state index contributed by atoms with van der Waals surface area (Å²) in [6, 6.07) is 0. The van der Waals surface area contributed by atoms with Crippen LogP contribution in [0.3, 0.4) is 0 Å². The lowest BCUT2D eigenvalue weighted by molar-refractivity contribution is -0.214. The smallest absolute Gasteiger partial charge is 0.314 e. The van der Waals surface area contributed by atoms with Gasteiger partial charge in [0.25, 0.3) is 0 Å². The molecule has 0 aromatic carbocycles. The van der Waals surface area contributed by atoms with Gasteiger partial charge in [0, 0.05) is 0 Å². The van der Waals surface area contributed by atoms with Crippen LogP contribution < -0.4 is 0 Å². The first-order chi connectivity index (χ1) is 15.3. The topological polar surface area (TPSA) is 57.5 Å². The minimum Gasteiger partial charge on any atom is -0.481 e. The lowest BCUT2D eigenvalue weighted by Crippen LogP contribution is -2.67. The molecule has 0 radical (unpaired) electrons. The monoisotopic (exact) mass is 456 g/mol. The summed E-state index contributed by atoms with van der Waals surface area (Å²) in [5.74, 6) is 1.88. The molecule has 0 saturated heterocycles. The second-order valence-corrected chi connectivity index (χ2v) is 14.6. The highest BCUT2D eigenvalue weighted by Gasteiger charge is 2.71. The molecule has 4 saturated carbocycles. The van der Waals surface area contributed by atoms with Gasteiger partial charge in [0.05, 0.1) is 11.5 Å². The fraction of sp³-hybridized carbons (Fsp3) is 0.900. The van der Waals surface area contributed by atoms with Crippen LogP contribution in [0.25, 0.3) is 0 Å². The van der Waals surface area contributed by atoms with Crippen LogP contribution in [0.1, 0.15) is 106 Å². The van der Waals surface area contributed by atoms with Crippen LogP contribution >= 0.6 is 0 Å². The van der Waals surface area contributed by atoms with Crippen LogP contribution in [0, 0.1) is 56.7 Å². The van der Waals surface area contributed by atoms with E-state index in [4.69, 9.17) is 0 Å². The van der Waals surface area contributed by atoms with E-state index in [-0.39, 0.29) is 27.8 Å². The number of carbonyl (C=O) groups is 1. The Kier molecular flexibility index (Phi) is 5.15. The maximum absolute atomic E-state index is 13.5.